The van der Waals surface area contributed by atoms with Gasteiger partial charge < -0.3 is 0 Å². The summed E-state index contributed by atoms with van der Waals surface area (Å²) in [5, 5.41) is 3.77. The standard InChI is InChI=1S/C21H20OP.IO4/c1-18(22)17-23(19-11-5-2-6-12-19,20-13-7-3-8-14-20)21-15-9-4-10-16-21;2-1(3,4)5/h2-16H,17H2,1H3;/q+1;-1. The van der Waals surface area contributed by atoms with E-state index in [0.29, 0.717) is 6.16 Å². The summed E-state index contributed by atoms with van der Waals surface area (Å²) in [4.78, 5) is 12.2. The summed E-state index contributed by atoms with van der Waals surface area (Å²) in [6.07, 6.45) is 0.561. The number of rotatable bonds is 5. The second-order valence-electron chi connectivity index (χ2n) is 6.05. The van der Waals surface area contributed by atoms with Crippen LogP contribution in [0.5, 0.6) is 0 Å². The molecular weight excluding hydrogens is 490 g/mol. The molecule has 0 saturated heterocycles. The van der Waals surface area contributed by atoms with Crippen molar-refractivity contribution in [3.8, 4) is 0 Å². The van der Waals surface area contributed by atoms with Crippen LogP contribution in [-0.4, -0.2) is 11.9 Å². The maximum absolute atomic E-state index is 12.2. The van der Waals surface area contributed by atoms with Crippen molar-refractivity contribution >= 4 is 29.0 Å². The Bertz CT molecular complexity index is 765. The molecule has 0 aliphatic carbocycles. The molecule has 0 saturated carbocycles. The molecule has 0 fully saturated rings. The molecule has 0 aromatic heterocycles. The fraction of sp³-hybridized carbons (Fsp3) is 0.0952. The van der Waals surface area contributed by atoms with Crippen molar-refractivity contribution in [1.29, 1.82) is 0 Å². The lowest BCUT2D eigenvalue weighted by Crippen LogP contribution is -4.29. The van der Waals surface area contributed by atoms with Crippen molar-refractivity contribution in [2.24, 2.45) is 0 Å². The summed E-state index contributed by atoms with van der Waals surface area (Å²) in [5.74, 6) is 0.231. The largest absolute Gasteiger partial charge is 0.296 e. The van der Waals surface area contributed by atoms with Gasteiger partial charge in [-0.2, -0.15) is 0 Å². The Balaban J connectivity index is 0.000000500. The highest BCUT2D eigenvalue weighted by Crippen LogP contribution is 2.55. The van der Waals surface area contributed by atoms with Crippen LogP contribution in [0.2, 0.25) is 0 Å². The molecule has 146 valence electrons. The summed E-state index contributed by atoms with van der Waals surface area (Å²) in [5.41, 5.74) is 0. The molecule has 0 bridgehead atoms. The average molecular weight is 510 g/mol. The van der Waals surface area contributed by atoms with Gasteiger partial charge in [0.05, 0.1) is 0 Å². The minimum atomic E-state index is -5.94. The van der Waals surface area contributed by atoms with Crippen LogP contribution in [0, 0.1) is 0 Å². The first-order valence-electron chi connectivity index (χ1n) is 8.39. The van der Waals surface area contributed by atoms with Crippen LogP contribution >= 0.6 is 7.26 Å². The Labute approximate surface area is 171 Å². The number of hydrogen-bond donors (Lipinski definition) is 0. The second-order valence-corrected chi connectivity index (χ2v) is 11.7. The fourth-order valence-electron chi connectivity index (χ4n) is 3.10. The predicted octanol–water partition coefficient (Wildman–Crippen LogP) is -4.18. The zero-order valence-electron chi connectivity index (χ0n) is 15.2. The van der Waals surface area contributed by atoms with Crippen LogP contribution in [0.3, 0.4) is 0 Å². The van der Waals surface area contributed by atoms with Gasteiger partial charge in [-0.05, 0) is 43.3 Å². The highest BCUT2D eigenvalue weighted by Gasteiger charge is 2.46. The van der Waals surface area contributed by atoms with Crippen molar-refractivity contribution in [3.05, 3.63) is 91.0 Å². The minimum Gasteiger partial charge on any atom is -0.296 e. The monoisotopic (exact) mass is 510 g/mol. The van der Waals surface area contributed by atoms with E-state index in [-0.39, 0.29) is 5.78 Å². The maximum Gasteiger partial charge on any atom is 0.168 e. The molecular formula is C21H20IO5P. The lowest BCUT2D eigenvalue weighted by atomic mass is 10.4. The number of ketones is 1. The molecule has 3 aromatic rings. The van der Waals surface area contributed by atoms with Gasteiger partial charge in [0.25, 0.3) is 0 Å². The third kappa shape index (κ3) is 6.44. The van der Waals surface area contributed by atoms with Gasteiger partial charge in [-0.1, -0.05) is 54.6 Å². The van der Waals surface area contributed by atoms with Gasteiger partial charge in [0.1, 0.15) is 49.4 Å². The Kier molecular flexibility index (Phi) is 8.24. The summed E-state index contributed by atoms with van der Waals surface area (Å²) in [6.45, 7) is 1.70. The highest BCUT2D eigenvalue weighted by atomic mass is 127. The van der Waals surface area contributed by atoms with E-state index in [9.17, 15) is 4.79 Å². The van der Waals surface area contributed by atoms with Gasteiger partial charge in [-0.3, -0.25) is 18.5 Å². The van der Waals surface area contributed by atoms with Crippen LogP contribution in [0.4, 0.5) is 0 Å². The van der Waals surface area contributed by atoms with Gasteiger partial charge >= 0.3 is 0 Å². The van der Waals surface area contributed by atoms with Crippen LogP contribution in [0.15, 0.2) is 91.0 Å². The van der Waals surface area contributed by atoms with Crippen molar-refractivity contribution in [3.63, 3.8) is 0 Å². The Morgan fingerprint density at radius 2 is 0.929 bits per heavy atom. The molecule has 3 rings (SSSR count). The molecule has 0 spiro atoms. The van der Waals surface area contributed by atoms with Gasteiger partial charge in [-0.25, -0.2) is 0 Å². The van der Waals surface area contributed by atoms with Gasteiger partial charge in [0, 0.05) is 0 Å². The topological polar surface area (TPSA) is 109 Å². The maximum atomic E-state index is 12.2. The fourth-order valence-corrected chi connectivity index (χ4v) is 7.26. The third-order valence-electron chi connectivity index (χ3n) is 4.05. The predicted molar refractivity (Wildman–Crippen MR) is 101 cm³/mol. The zero-order valence-corrected chi connectivity index (χ0v) is 18.3. The molecule has 28 heavy (non-hydrogen) atoms. The van der Waals surface area contributed by atoms with Crippen LogP contribution < -0.4 is 49.8 Å². The van der Waals surface area contributed by atoms with E-state index < -0.39 is 27.4 Å². The molecule has 0 aliphatic heterocycles. The number of hydrogen-bond acceptors (Lipinski definition) is 5. The van der Waals surface area contributed by atoms with Gasteiger partial charge in [-0.15, -0.1) is 0 Å². The quantitative estimate of drug-likeness (QED) is 0.256. The summed E-state index contributed by atoms with van der Waals surface area (Å²) in [7, 11) is -1.96. The van der Waals surface area contributed by atoms with E-state index >= 15 is 0 Å². The highest BCUT2D eigenvalue weighted by molar-refractivity contribution is 7.96. The molecule has 7 heteroatoms. The number of carbonyl (C=O) groups is 1. The second kappa shape index (κ2) is 10.2. The molecule has 0 radical (unpaired) electrons. The number of Topliss-reactive ketones (excluding diaryl/α,β-unsaturated/α-hetero) is 1. The van der Waals surface area contributed by atoms with Crippen LogP contribution in [0.25, 0.3) is 0 Å². The molecule has 3 aromatic carbocycles. The molecule has 0 heterocycles. The molecule has 0 amide bonds. The van der Waals surface area contributed by atoms with Gasteiger partial charge in [0.15, 0.2) is 5.78 Å². The summed E-state index contributed by atoms with van der Waals surface area (Å²) >= 11 is -5.94. The Hall–Kier alpha value is -1.67. The van der Waals surface area contributed by atoms with E-state index in [1.807, 2.05) is 18.2 Å². The average Bonchev–Trinajstić information content (AvgIpc) is 2.67. The summed E-state index contributed by atoms with van der Waals surface area (Å²) in [6, 6.07) is 31.5. The molecule has 0 N–H and O–H groups in total. The zero-order chi connectivity index (χ0) is 20.6. The third-order valence-corrected chi connectivity index (χ3v) is 8.51. The minimum absolute atomic E-state index is 0.231. The molecule has 0 atom stereocenters. The van der Waals surface area contributed by atoms with E-state index in [4.69, 9.17) is 13.7 Å². The smallest absolute Gasteiger partial charge is 0.168 e. The summed E-state index contributed by atoms with van der Waals surface area (Å²) < 4.78 is 34.5. The van der Waals surface area contributed by atoms with E-state index in [1.54, 1.807) is 6.92 Å². The number of halogens is 1. The number of carbonyl (C=O) groups excluding carboxylic acids is 1. The van der Waals surface area contributed by atoms with Crippen molar-refractivity contribution in [2.75, 3.05) is 6.16 Å². The first-order valence-corrected chi connectivity index (χ1v) is 13.9. The Morgan fingerprint density at radius 1 is 0.679 bits per heavy atom. The number of benzene rings is 3. The van der Waals surface area contributed by atoms with Crippen LogP contribution in [0.1, 0.15) is 6.92 Å². The van der Waals surface area contributed by atoms with Crippen molar-refractivity contribution in [2.45, 2.75) is 6.92 Å². The Morgan fingerprint density at radius 3 is 1.14 bits per heavy atom. The van der Waals surface area contributed by atoms with Crippen molar-refractivity contribution in [1.82, 2.24) is 0 Å². The van der Waals surface area contributed by atoms with E-state index in [0.717, 1.165) is 0 Å². The first-order chi connectivity index (χ1) is 13.2. The molecule has 0 unspecified atom stereocenters. The van der Waals surface area contributed by atoms with Crippen molar-refractivity contribution < 1.29 is 38.6 Å². The lowest BCUT2D eigenvalue weighted by molar-refractivity contribution is -2.00. The van der Waals surface area contributed by atoms with Gasteiger partial charge in [0.2, 0.25) is 0 Å². The lowest BCUT2D eigenvalue weighted by Gasteiger charge is -2.26. The van der Waals surface area contributed by atoms with Crippen LogP contribution in [-0.2, 0) is 4.79 Å². The molecule has 5 nitrogen and oxygen atoms in total. The van der Waals surface area contributed by atoms with E-state index in [1.165, 1.54) is 15.9 Å². The SMILES string of the molecule is CC(=O)C[P+](c1ccccc1)(c1ccccc1)c1ccccc1.[O-][I+3]([O-])([O-])[O-]. The first kappa shape index (κ1) is 22.6. The normalized spacial score (nSPS) is 11.3. The molecule has 0 aliphatic rings. The van der Waals surface area contributed by atoms with E-state index in [2.05, 4.69) is 72.8 Å².